The Bertz CT molecular complexity index is 1950. The first-order valence-corrected chi connectivity index (χ1v) is 25.8. The molecule has 1 aromatic carbocycles. The fourth-order valence-electron chi connectivity index (χ4n) is 6.89. The van der Waals surface area contributed by atoms with Gasteiger partial charge < -0.3 is 19.3 Å². The number of carboxylic acids is 1. The highest BCUT2D eigenvalue weighted by Crippen LogP contribution is 2.47. The van der Waals surface area contributed by atoms with Crippen LogP contribution in [-0.4, -0.2) is 76.0 Å². The van der Waals surface area contributed by atoms with Crippen LogP contribution in [0.4, 0.5) is 0 Å². The zero-order valence-electron chi connectivity index (χ0n) is 31.3. The lowest BCUT2D eigenvalue weighted by Crippen LogP contribution is -2.23. The number of carboxylic acid groups (broad SMARTS) is 1. The Balaban J connectivity index is 1.53. The van der Waals surface area contributed by atoms with Gasteiger partial charge in [-0.05, 0) is 62.7 Å². The van der Waals surface area contributed by atoms with E-state index in [4.69, 9.17) is 24.3 Å². The molecular weight excluding hydrogens is 677 g/mol. The first-order valence-electron chi connectivity index (χ1n) is 18.4. The highest BCUT2D eigenvalue weighted by molar-refractivity contribution is 6.76. The van der Waals surface area contributed by atoms with Crippen molar-refractivity contribution in [2.24, 2.45) is 5.92 Å². The van der Waals surface area contributed by atoms with Crippen LogP contribution in [-0.2, 0) is 16.3 Å². The van der Waals surface area contributed by atoms with Gasteiger partial charge in [0.1, 0.15) is 6.73 Å². The predicted molar refractivity (Wildman–Crippen MR) is 207 cm³/mol. The second-order valence-corrected chi connectivity index (χ2v) is 27.6. The summed E-state index contributed by atoms with van der Waals surface area (Å²) in [5.41, 5.74) is 5.28. The van der Waals surface area contributed by atoms with Gasteiger partial charge in [-0.25, -0.2) is 9.67 Å². The number of ether oxygens (including phenoxy) is 3. The highest BCUT2D eigenvalue weighted by Gasteiger charge is 2.33. The van der Waals surface area contributed by atoms with Crippen LogP contribution in [0.2, 0.25) is 51.4 Å². The van der Waals surface area contributed by atoms with Gasteiger partial charge in [-0.1, -0.05) is 57.5 Å². The molecule has 11 nitrogen and oxygen atoms in total. The topological polar surface area (TPSA) is 118 Å². The first kappa shape index (κ1) is 36.8. The van der Waals surface area contributed by atoms with Crippen molar-refractivity contribution in [2.45, 2.75) is 103 Å². The molecular formula is C38H54N6O5Si2. The Labute approximate surface area is 302 Å². The molecule has 5 aromatic rings. The van der Waals surface area contributed by atoms with Gasteiger partial charge in [-0.2, -0.15) is 14.7 Å². The fourth-order valence-corrected chi connectivity index (χ4v) is 8.36. The van der Waals surface area contributed by atoms with E-state index in [-0.39, 0.29) is 18.3 Å². The van der Waals surface area contributed by atoms with E-state index in [1.807, 2.05) is 65.0 Å². The standard InChI is InChI=1S/C38H54N6O5Si2/c1-8-48-35-33-34(28-16-14-27(15-17-28)22-32(45)46)41-36-31(29-23-39-43(25-29)30-12-10-9-11-13-30)24-40-44(36)37(33)42(26-47-18-20-50(2,3)4)38(35)49-19-21-51(5,6)7/h9-13,23-25,27-28H,8,14-22,26H2,1-7H3,(H,45,46). The monoisotopic (exact) mass is 730 g/mol. The zero-order valence-corrected chi connectivity index (χ0v) is 33.3. The third kappa shape index (κ3) is 8.58. The first-order chi connectivity index (χ1) is 24.3. The number of aromatic nitrogens is 6. The summed E-state index contributed by atoms with van der Waals surface area (Å²) >= 11 is 0. The number of aliphatic carboxylic acids is 1. The lowest BCUT2D eigenvalue weighted by atomic mass is 9.78. The summed E-state index contributed by atoms with van der Waals surface area (Å²) in [6, 6.07) is 12.1. The minimum atomic E-state index is -1.39. The lowest BCUT2D eigenvalue weighted by Gasteiger charge is -2.28. The summed E-state index contributed by atoms with van der Waals surface area (Å²) in [7, 11) is -2.71. The van der Waals surface area contributed by atoms with E-state index in [9.17, 15) is 9.90 Å². The molecule has 0 bridgehead atoms. The minimum absolute atomic E-state index is 0.120. The van der Waals surface area contributed by atoms with Crippen molar-refractivity contribution in [1.29, 1.82) is 0 Å². The molecule has 13 heteroatoms. The zero-order chi connectivity index (χ0) is 36.3. The molecule has 0 atom stereocenters. The molecule has 6 rings (SSSR count). The van der Waals surface area contributed by atoms with Gasteiger partial charge >= 0.3 is 5.97 Å². The number of nitrogens with zero attached hydrogens (tertiary/aromatic N) is 6. The van der Waals surface area contributed by atoms with Crippen LogP contribution in [0.15, 0.2) is 48.9 Å². The van der Waals surface area contributed by atoms with Crippen LogP contribution >= 0.6 is 0 Å². The van der Waals surface area contributed by atoms with E-state index in [1.54, 1.807) is 0 Å². The van der Waals surface area contributed by atoms with Crippen molar-refractivity contribution in [1.82, 2.24) is 28.9 Å². The van der Waals surface area contributed by atoms with E-state index < -0.39 is 22.1 Å². The van der Waals surface area contributed by atoms with Gasteiger partial charge in [0.15, 0.2) is 17.0 Å². The fraction of sp³-hybridized carbons (Fsp3) is 0.526. The molecule has 1 saturated carbocycles. The molecule has 4 aromatic heterocycles. The number of rotatable bonds is 16. The quantitative estimate of drug-likeness (QED) is 0.0792. The van der Waals surface area contributed by atoms with Gasteiger partial charge in [0.25, 0.3) is 0 Å². The Morgan fingerprint density at radius 1 is 0.922 bits per heavy atom. The van der Waals surface area contributed by atoms with Crippen LogP contribution in [0.25, 0.3) is 33.5 Å². The van der Waals surface area contributed by atoms with Crippen LogP contribution in [0.5, 0.6) is 11.6 Å². The van der Waals surface area contributed by atoms with Crippen molar-refractivity contribution in [2.75, 3.05) is 19.8 Å². The Hall–Kier alpha value is -3.95. The molecule has 1 aliphatic rings. The molecule has 1 N–H and O–H groups in total. The van der Waals surface area contributed by atoms with Gasteiger partial charge in [0.05, 0.1) is 42.4 Å². The van der Waals surface area contributed by atoms with E-state index in [2.05, 4.69) is 48.9 Å². The maximum atomic E-state index is 11.6. The Morgan fingerprint density at radius 3 is 2.29 bits per heavy atom. The minimum Gasteiger partial charge on any atom is -0.488 e. The van der Waals surface area contributed by atoms with Crippen LogP contribution in [0.3, 0.4) is 0 Å². The molecule has 274 valence electrons. The van der Waals surface area contributed by atoms with Gasteiger partial charge in [0.2, 0.25) is 5.88 Å². The molecule has 0 spiro atoms. The number of carbonyl (C=O) groups is 1. The number of fused-ring (bicyclic) bond motifs is 3. The molecule has 0 amide bonds. The van der Waals surface area contributed by atoms with Crippen molar-refractivity contribution in [3.63, 3.8) is 0 Å². The van der Waals surface area contributed by atoms with E-state index in [1.165, 1.54) is 0 Å². The summed E-state index contributed by atoms with van der Waals surface area (Å²) in [5.74, 6) is 0.897. The summed E-state index contributed by atoms with van der Waals surface area (Å²) in [5, 5.41) is 20.1. The Morgan fingerprint density at radius 2 is 1.63 bits per heavy atom. The highest BCUT2D eigenvalue weighted by atomic mass is 28.3. The summed E-state index contributed by atoms with van der Waals surface area (Å²) in [6.07, 6.45) is 9.33. The molecule has 0 unspecified atom stereocenters. The van der Waals surface area contributed by atoms with Gasteiger partial charge in [0, 0.05) is 52.4 Å². The van der Waals surface area contributed by atoms with Crippen LogP contribution in [0.1, 0.15) is 50.6 Å². The molecule has 0 aliphatic heterocycles. The van der Waals surface area contributed by atoms with Crippen molar-refractivity contribution >= 4 is 38.8 Å². The molecule has 1 fully saturated rings. The third-order valence-electron chi connectivity index (χ3n) is 9.78. The van der Waals surface area contributed by atoms with E-state index >= 15 is 0 Å². The maximum absolute atomic E-state index is 11.6. The normalized spacial score (nSPS) is 17.0. The Kier molecular flexibility index (Phi) is 11.1. The van der Waals surface area contributed by atoms with Crippen LogP contribution in [0, 0.1) is 5.92 Å². The van der Waals surface area contributed by atoms with E-state index in [0.717, 1.165) is 77.0 Å². The molecule has 0 saturated heterocycles. The van der Waals surface area contributed by atoms with Gasteiger partial charge in [-0.15, -0.1) is 0 Å². The van der Waals surface area contributed by atoms with Crippen molar-refractivity contribution in [3.05, 3.63) is 54.6 Å². The van der Waals surface area contributed by atoms with Gasteiger partial charge in [-0.3, -0.25) is 9.36 Å². The summed E-state index contributed by atoms with van der Waals surface area (Å²) < 4.78 is 25.6. The third-order valence-corrected chi connectivity index (χ3v) is 13.2. The maximum Gasteiger partial charge on any atom is 0.303 e. The van der Waals surface area contributed by atoms with Crippen molar-refractivity contribution in [3.8, 4) is 28.4 Å². The number of para-hydroxylation sites is 1. The smallest absolute Gasteiger partial charge is 0.303 e. The molecule has 1 aliphatic carbocycles. The molecule has 4 heterocycles. The number of hydrogen-bond acceptors (Lipinski definition) is 7. The van der Waals surface area contributed by atoms with Crippen LogP contribution < -0.4 is 9.47 Å². The summed E-state index contributed by atoms with van der Waals surface area (Å²) in [4.78, 5) is 17.0. The largest absolute Gasteiger partial charge is 0.488 e. The average Bonchev–Trinajstić information content (AvgIpc) is 3.79. The second kappa shape index (κ2) is 15.3. The number of hydrogen-bond donors (Lipinski definition) is 1. The van der Waals surface area contributed by atoms with Crippen molar-refractivity contribution < 1.29 is 24.1 Å². The van der Waals surface area contributed by atoms with E-state index in [0.29, 0.717) is 38.2 Å². The second-order valence-electron chi connectivity index (χ2n) is 16.3. The number of benzene rings is 1. The molecule has 0 radical (unpaired) electrons. The molecule has 51 heavy (non-hydrogen) atoms. The SMILES string of the molecule is CCOc1c(OCC[Si](C)(C)C)n(COCC[Si](C)(C)C)c2c1c(C1CCC(CC(=O)O)CC1)nc1c(-c3cnn(-c4ccccc4)c3)cnn12. The predicted octanol–water partition coefficient (Wildman–Crippen LogP) is 8.71. The lowest BCUT2D eigenvalue weighted by molar-refractivity contribution is -0.138. The average molecular weight is 731 g/mol. The summed E-state index contributed by atoms with van der Waals surface area (Å²) in [6.45, 7) is 18.1.